The first-order valence-electron chi connectivity index (χ1n) is 12.4. The van der Waals surface area contributed by atoms with E-state index < -0.39 is 24.0 Å². The lowest BCUT2D eigenvalue weighted by atomic mass is 9.87. The summed E-state index contributed by atoms with van der Waals surface area (Å²) in [4.78, 5) is 59.3. The van der Waals surface area contributed by atoms with Gasteiger partial charge in [-0.2, -0.15) is 0 Å². The van der Waals surface area contributed by atoms with Crippen LogP contribution in [0, 0.1) is 5.92 Å². The van der Waals surface area contributed by atoms with Crippen molar-refractivity contribution in [2.45, 2.75) is 70.5 Å². The molecule has 0 aromatic carbocycles. The van der Waals surface area contributed by atoms with Crippen LogP contribution in [0.5, 0.6) is 0 Å². The number of urea groups is 1. The summed E-state index contributed by atoms with van der Waals surface area (Å²) >= 11 is 0. The van der Waals surface area contributed by atoms with Crippen molar-refractivity contribution >= 4 is 23.8 Å². The zero-order valence-electron chi connectivity index (χ0n) is 20.9. The van der Waals surface area contributed by atoms with Crippen LogP contribution in [0.15, 0.2) is 24.5 Å². The number of esters is 1. The maximum absolute atomic E-state index is 13.5. The molecule has 2 heterocycles. The molecule has 2 aliphatic rings. The number of methoxy groups -OCH3 is 1. The molecule has 2 atom stereocenters. The molecule has 2 N–H and O–H groups in total. The minimum absolute atomic E-state index is 0.0457. The summed E-state index contributed by atoms with van der Waals surface area (Å²) in [6.07, 6.45) is 8.20. The summed E-state index contributed by atoms with van der Waals surface area (Å²) < 4.78 is 4.92. The number of aromatic nitrogens is 1. The minimum atomic E-state index is -0.941. The molecule has 1 aromatic heterocycles. The molecule has 1 aromatic rings. The van der Waals surface area contributed by atoms with E-state index in [1.807, 2.05) is 19.9 Å². The molecule has 192 valence electrons. The predicted octanol–water partition coefficient (Wildman–Crippen LogP) is 1.49. The zero-order chi connectivity index (χ0) is 25.4. The van der Waals surface area contributed by atoms with E-state index in [9.17, 15) is 19.2 Å². The van der Waals surface area contributed by atoms with Crippen LogP contribution in [0.25, 0.3) is 0 Å². The molecule has 1 saturated carbocycles. The van der Waals surface area contributed by atoms with Gasteiger partial charge in [0.1, 0.15) is 12.1 Å². The standard InChI is InChI=1S/C25H37N5O5/c1-17(2)27-25(34)29-12-13-30(23(32)19-9-5-4-6-10-19)21(16-29)22(31)28-20(24(33)35-3)14-18-8-7-11-26-15-18/h7-8,11,15,17,19-21H,4-6,9-10,12-14,16H2,1-3H3,(H,27,34)(H,28,31)/t20-,21+/m1/s1. The van der Waals surface area contributed by atoms with Crippen LogP contribution < -0.4 is 10.6 Å². The number of piperazine rings is 1. The molecule has 10 nitrogen and oxygen atoms in total. The van der Waals surface area contributed by atoms with Gasteiger partial charge in [0.25, 0.3) is 0 Å². The zero-order valence-corrected chi connectivity index (χ0v) is 20.9. The Morgan fingerprint density at radius 2 is 1.86 bits per heavy atom. The maximum Gasteiger partial charge on any atom is 0.328 e. The Kier molecular flexibility index (Phi) is 9.45. The Bertz CT molecular complexity index is 887. The molecule has 0 spiro atoms. The van der Waals surface area contributed by atoms with E-state index in [2.05, 4.69) is 15.6 Å². The van der Waals surface area contributed by atoms with Crippen LogP contribution in [-0.4, -0.2) is 83.5 Å². The quantitative estimate of drug-likeness (QED) is 0.562. The molecule has 4 amide bonds. The third-order valence-electron chi connectivity index (χ3n) is 6.58. The van der Waals surface area contributed by atoms with Gasteiger partial charge in [-0.3, -0.25) is 14.6 Å². The van der Waals surface area contributed by atoms with Crippen LogP contribution in [0.2, 0.25) is 0 Å². The van der Waals surface area contributed by atoms with Crippen LogP contribution in [-0.2, 0) is 25.5 Å². The van der Waals surface area contributed by atoms with Crippen LogP contribution in [0.1, 0.15) is 51.5 Å². The van der Waals surface area contributed by atoms with Crippen molar-refractivity contribution in [2.24, 2.45) is 5.92 Å². The summed E-state index contributed by atoms with van der Waals surface area (Å²) in [5.74, 6) is -1.22. The van der Waals surface area contributed by atoms with Crippen molar-refractivity contribution in [3.05, 3.63) is 30.1 Å². The smallest absolute Gasteiger partial charge is 0.328 e. The van der Waals surface area contributed by atoms with Gasteiger partial charge in [-0.1, -0.05) is 25.3 Å². The summed E-state index contributed by atoms with van der Waals surface area (Å²) in [7, 11) is 1.27. The van der Waals surface area contributed by atoms with Gasteiger partial charge in [-0.05, 0) is 38.3 Å². The van der Waals surface area contributed by atoms with Gasteiger partial charge in [0.2, 0.25) is 11.8 Å². The highest BCUT2D eigenvalue weighted by Crippen LogP contribution is 2.27. The molecule has 0 radical (unpaired) electrons. The fourth-order valence-corrected chi connectivity index (χ4v) is 4.74. The van der Waals surface area contributed by atoms with Gasteiger partial charge in [0, 0.05) is 43.9 Å². The molecule has 35 heavy (non-hydrogen) atoms. The van der Waals surface area contributed by atoms with Gasteiger partial charge in [-0.15, -0.1) is 0 Å². The van der Waals surface area contributed by atoms with Crippen molar-refractivity contribution in [3.63, 3.8) is 0 Å². The van der Waals surface area contributed by atoms with Crippen LogP contribution in [0.4, 0.5) is 4.79 Å². The number of carbonyl (C=O) groups excluding carboxylic acids is 4. The Hall–Kier alpha value is -3.17. The average molecular weight is 488 g/mol. The lowest BCUT2D eigenvalue weighted by Gasteiger charge is -2.42. The minimum Gasteiger partial charge on any atom is -0.467 e. The van der Waals surface area contributed by atoms with Crippen LogP contribution >= 0.6 is 0 Å². The first kappa shape index (κ1) is 26.4. The van der Waals surface area contributed by atoms with Crippen molar-refractivity contribution in [2.75, 3.05) is 26.7 Å². The van der Waals surface area contributed by atoms with Gasteiger partial charge in [0.05, 0.1) is 13.7 Å². The number of ether oxygens (including phenoxy) is 1. The van der Waals surface area contributed by atoms with E-state index in [-0.39, 0.29) is 43.4 Å². The SMILES string of the molecule is COC(=O)[C@@H](Cc1cccnc1)NC(=O)[C@@H]1CN(C(=O)NC(C)C)CCN1C(=O)C1CCCCC1. The average Bonchev–Trinajstić information content (AvgIpc) is 2.87. The van der Waals surface area contributed by atoms with E-state index in [1.165, 1.54) is 7.11 Å². The molecule has 10 heteroatoms. The van der Waals surface area contributed by atoms with E-state index in [0.717, 1.165) is 37.7 Å². The van der Waals surface area contributed by atoms with E-state index in [4.69, 9.17) is 4.74 Å². The molecule has 1 saturated heterocycles. The Balaban J connectivity index is 1.79. The fourth-order valence-electron chi connectivity index (χ4n) is 4.74. The Labute approximate surface area is 206 Å². The van der Waals surface area contributed by atoms with Gasteiger partial charge in [0.15, 0.2) is 0 Å². The normalized spacial score (nSPS) is 19.7. The second-order valence-corrected chi connectivity index (χ2v) is 9.58. The summed E-state index contributed by atoms with van der Waals surface area (Å²) in [6, 6.07) is 1.40. The number of rotatable bonds is 7. The number of hydrogen-bond donors (Lipinski definition) is 2. The van der Waals surface area contributed by atoms with Crippen LogP contribution in [0.3, 0.4) is 0 Å². The summed E-state index contributed by atoms with van der Waals surface area (Å²) in [6.45, 7) is 4.40. The second kappa shape index (κ2) is 12.5. The molecular formula is C25H37N5O5. The fraction of sp³-hybridized carbons (Fsp3) is 0.640. The predicted molar refractivity (Wildman–Crippen MR) is 129 cm³/mol. The molecule has 0 bridgehead atoms. The number of nitrogens with one attached hydrogen (secondary N) is 2. The Morgan fingerprint density at radius 3 is 2.49 bits per heavy atom. The molecule has 0 unspecified atom stereocenters. The van der Waals surface area contributed by atoms with E-state index in [0.29, 0.717) is 6.54 Å². The number of hydrogen-bond acceptors (Lipinski definition) is 6. The Morgan fingerprint density at radius 1 is 1.11 bits per heavy atom. The third kappa shape index (κ3) is 7.16. The first-order valence-corrected chi connectivity index (χ1v) is 12.4. The van der Waals surface area contributed by atoms with Crippen molar-refractivity contribution in [3.8, 4) is 0 Å². The molecule has 3 rings (SSSR count). The number of amides is 4. The van der Waals surface area contributed by atoms with E-state index >= 15 is 0 Å². The largest absolute Gasteiger partial charge is 0.467 e. The monoisotopic (exact) mass is 487 g/mol. The second-order valence-electron chi connectivity index (χ2n) is 9.58. The summed E-state index contributed by atoms with van der Waals surface area (Å²) in [5, 5.41) is 5.63. The van der Waals surface area contributed by atoms with Crippen molar-refractivity contribution < 1.29 is 23.9 Å². The number of pyridine rings is 1. The molecular weight excluding hydrogens is 450 g/mol. The van der Waals surface area contributed by atoms with Gasteiger partial charge in [-0.25, -0.2) is 9.59 Å². The topological polar surface area (TPSA) is 121 Å². The summed E-state index contributed by atoms with van der Waals surface area (Å²) in [5.41, 5.74) is 0.764. The molecule has 1 aliphatic heterocycles. The number of nitrogens with zero attached hydrogens (tertiary/aromatic N) is 3. The highest BCUT2D eigenvalue weighted by molar-refractivity contribution is 5.92. The highest BCUT2D eigenvalue weighted by atomic mass is 16.5. The van der Waals surface area contributed by atoms with Gasteiger partial charge >= 0.3 is 12.0 Å². The number of carbonyl (C=O) groups is 4. The lowest BCUT2D eigenvalue weighted by molar-refractivity contribution is -0.150. The molecule has 1 aliphatic carbocycles. The highest BCUT2D eigenvalue weighted by Gasteiger charge is 2.40. The molecule has 2 fully saturated rings. The van der Waals surface area contributed by atoms with Crippen molar-refractivity contribution in [1.82, 2.24) is 25.4 Å². The maximum atomic E-state index is 13.5. The van der Waals surface area contributed by atoms with Gasteiger partial charge < -0.3 is 25.2 Å². The van der Waals surface area contributed by atoms with Crippen molar-refractivity contribution in [1.29, 1.82) is 0 Å². The van der Waals surface area contributed by atoms with E-state index in [1.54, 1.807) is 28.3 Å². The lowest BCUT2D eigenvalue weighted by Crippen LogP contribution is -2.64. The first-order chi connectivity index (χ1) is 16.8. The third-order valence-corrected chi connectivity index (χ3v) is 6.58.